The van der Waals surface area contributed by atoms with Crippen LogP contribution in [0, 0.1) is 0 Å². The zero-order valence-electron chi connectivity index (χ0n) is 16.8. The number of ether oxygens (including phenoxy) is 1. The van der Waals surface area contributed by atoms with E-state index >= 15 is 0 Å². The smallest absolute Gasteiger partial charge is 0.269 e. The summed E-state index contributed by atoms with van der Waals surface area (Å²) in [6.07, 6.45) is 3.30. The number of morpholine rings is 1. The predicted molar refractivity (Wildman–Crippen MR) is 113 cm³/mol. The molecule has 0 bridgehead atoms. The van der Waals surface area contributed by atoms with Crippen molar-refractivity contribution >= 4 is 23.2 Å². The van der Waals surface area contributed by atoms with Crippen LogP contribution >= 0.6 is 0 Å². The lowest BCUT2D eigenvalue weighted by Crippen LogP contribution is -2.36. The highest BCUT2D eigenvalue weighted by Gasteiger charge is 2.28. The van der Waals surface area contributed by atoms with E-state index in [1.165, 1.54) is 0 Å². The number of aromatic nitrogens is 4. The molecule has 3 heterocycles. The van der Waals surface area contributed by atoms with E-state index in [0.717, 1.165) is 66.6 Å². The molecule has 1 fully saturated rings. The molecule has 2 aromatic heterocycles. The molecule has 1 aromatic carbocycles. The number of fused-ring (bicyclic) bond motifs is 3. The molecule has 3 N–H and O–H groups in total. The Morgan fingerprint density at radius 2 is 2.07 bits per heavy atom. The topological polar surface area (TPSA) is 111 Å². The summed E-state index contributed by atoms with van der Waals surface area (Å²) in [4.78, 5) is 23.3. The molecule has 1 aliphatic carbocycles. The number of aryl methyl sites for hydroxylation is 2. The zero-order valence-corrected chi connectivity index (χ0v) is 16.8. The second-order valence-electron chi connectivity index (χ2n) is 7.51. The van der Waals surface area contributed by atoms with Crippen molar-refractivity contribution in [3.05, 3.63) is 47.3 Å². The van der Waals surface area contributed by atoms with E-state index in [1.54, 1.807) is 11.7 Å². The first-order valence-electron chi connectivity index (χ1n) is 10.0. The molecule has 0 radical (unpaired) electrons. The molecule has 1 saturated heterocycles. The minimum atomic E-state index is -0.511. The Morgan fingerprint density at radius 1 is 1.23 bits per heavy atom. The summed E-state index contributed by atoms with van der Waals surface area (Å²) in [7, 11) is 1.81. The summed E-state index contributed by atoms with van der Waals surface area (Å²) in [5, 5.41) is 7.63. The van der Waals surface area contributed by atoms with Crippen molar-refractivity contribution in [3.8, 4) is 11.4 Å². The van der Waals surface area contributed by atoms with Crippen LogP contribution in [0.25, 0.3) is 11.4 Å². The van der Waals surface area contributed by atoms with E-state index in [-0.39, 0.29) is 0 Å². The second kappa shape index (κ2) is 7.42. The third-order valence-corrected chi connectivity index (χ3v) is 5.59. The molecular formula is C21H23N7O2. The van der Waals surface area contributed by atoms with Gasteiger partial charge in [-0.2, -0.15) is 5.10 Å². The minimum Gasteiger partial charge on any atom is -0.378 e. The fraction of sp³-hybridized carbons (Fsp3) is 0.333. The molecule has 0 saturated carbocycles. The van der Waals surface area contributed by atoms with Gasteiger partial charge in [-0.25, -0.2) is 9.97 Å². The number of carbonyl (C=O) groups is 1. The fourth-order valence-corrected chi connectivity index (χ4v) is 4.14. The molecule has 9 heteroatoms. The van der Waals surface area contributed by atoms with Gasteiger partial charge in [0.25, 0.3) is 5.91 Å². The molecule has 154 valence electrons. The van der Waals surface area contributed by atoms with Gasteiger partial charge >= 0.3 is 0 Å². The lowest BCUT2D eigenvalue weighted by atomic mass is 9.93. The fourth-order valence-electron chi connectivity index (χ4n) is 4.14. The maximum absolute atomic E-state index is 11.8. The van der Waals surface area contributed by atoms with Crippen LogP contribution in [0.3, 0.4) is 0 Å². The van der Waals surface area contributed by atoms with Crippen LogP contribution in [-0.4, -0.2) is 52.0 Å². The Balaban J connectivity index is 1.46. The number of rotatable bonds is 4. The molecule has 1 amide bonds. The van der Waals surface area contributed by atoms with Gasteiger partial charge in [-0.05, 0) is 36.6 Å². The number of carbonyl (C=O) groups excluding carboxylic acids is 1. The van der Waals surface area contributed by atoms with E-state index in [1.807, 2.05) is 18.3 Å². The molecule has 2 aliphatic rings. The number of amides is 1. The van der Waals surface area contributed by atoms with Gasteiger partial charge in [0.05, 0.1) is 24.6 Å². The van der Waals surface area contributed by atoms with Crippen LogP contribution in [0.15, 0.2) is 30.5 Å². The van der Waals surface area contributed by atoms with Crippen LogP contribution in [0.5, 0.6) is 0 Å². The minimum absolute atomic E-state index is 0.324. The largest absolute Gasteiger partial charge is 0.378 e. The zero-order chi connectivity index (χ0) is 20.7. The van der Waals surface area contributed by atoms with Crippen LogP contribution in [-0.2, 0) is 24.6 Å². The summed E-state index contributed by atoms with van der Waals surface area (Å²) in [5.41, 5.74) is 11.4. The number of anilines is 3. The third-order valence-electron chi connectivity index (χ3n) is 5.59. The molecular weight excluding hydrogens is 382 g/mol. The van der Waals surface area contributed by atoms with Crippen molar-refractivity contribution in [1.29, 1.82) is 0 Å². The van der Waals surface area contributed by atoms with E-state index in [9.17, 15) is 4.79 Å². The van der Waals surface area contributed by atoms with Gasteiger partial charge in [0.2, 0.25) is 5.95 Å². The summed E-state index contributed by atoms with van der Waals surface area (Å²) in [6.45, 7) is 3.24. The highest BCUT2D eigenvalue weighted by atomic mass is 16.5. The Bertz CT molecular complexity index is 1120. The van der Waals surface area contributed by atoms with E-state index in [2.05, 4.69) is 32.4 Å². The summed E-state index contributed by atoms with van der Waals surface area (Å²) < 4.78 is 7.13. The van der Waals surface area contributed by atoms with Gasteiger partial charge in [0.15, 0.2) is 5.69 Å². The average molecular weight is 405 g/mol. The van der Waals surface area contributed by atoms with Crippen LogP contribution in [0.2, 0.25) is 0 Å². The Hall–Kier alpha value is -3.46. The van der Waals surface area contributed by atoms with Gasteiger partial charge < -0.3 is 20.7 Å². The standard InChI is InChI=1S/C21H23N7O2/c1-27-19-16(18(26-27)20(22)29)6-5-13-12-23-21(25-17(13)19)24-14-3-2-4-15(11-14)28-7-9-30-10-8-28/h2-4,11-12H,5-10H2,1H3,(H2,22,29)(H,23,24,25). The molecule has 0 atom stereocenters. The number of benzene rings is 1. The first-order chi connectivity index (χ1) is 14.6. The quantitative estimate of drug-likeness (QED) is 0.679. The van der Waals surface area contributed by atoms with Crippen LogP contribution < -0.4 is 16.0 Å². The normalized spacial score (nSPS) is 15.4. The monoisotopic (exact) mass is 405 g/mol. The summed E-state index contributed by atoms with van der Waals surface area (Å²) in [6, 6.07) is 8.20. The van der Waals surface area contributed by atoms with Crippen molar-refractivity contribution in [1.82, 2.24) is 19.7 Å². The van der Waals surface area contributed by atoms with Crippen molar-refractivity contribution in [3.63, 3.8) is 0 Å². The van der Waals surface area contributed by atoms with E-state index < -0.39 is 5.91 Å². The van der Waals surface area contributed by atoms with Crippen LogP contribution in [0.1, 0.15) is 21.6 Å². The summed E-state index contributed by atoms with van der Waals surface area (Å²) >= 11 is 0. The summed E-state index contributed by atoms with van der Waals surface area (Å²) in [5.74, 6) is -0.00909. The third kappa shape index (κ3) is 3.26. The van der Waals surface area contributed by atoms with Crippen molar-refractivity contribution in [2.45, 2.75) is 12.8 Å². The molecule has 30 heavy (non-hydrogen) atoms. The number of nitrogens with zero attached hydrogens (tertiary/aromatic N) is 5. The van der Waals surface area contributed by atoms with Gasteiger partial charge in [-0.1, -0.05) is 6.07 Å². The Morgan fingerprint density at radius 3 is 2.87 bits per heavy atom. The highest BCUT2D eigenvalue weighted by Crippen LogP contribution is 2.34. The maximum atomic E-state index is 11.8. The molecule has 1 aliphatic heterocycles. The predicted octanol–water partition coefficient (Wildman–Crippen LogP) is 1.65. The average Bonchev–Trinajstić information content (AvgIpc) is 3.12. The number of hydrogen-bond donors (Lipinski definition) is 2. The first-order valence-corrected chi connectivity index (χ1v) is 10.0. The van der Waals surface area contributed by atoms with E-state index in [4.69, 9.17) is 15.5 Å². The van der Waals surface area contributed by atoms with Gasteiger partial charge in [-0.3, -0.25) is 9.48 Å². The highest BCUT2D eigenvalue weighted by molar-refractivity contribution is 5.94. The van der Waals surface area contributed by atoms with Crippen molar-refractivity contribution < 1.29 is 9.53 Å². The Kier molecular flexibility index (Phi) is 4.59. The number of nitrogens with one attached hydrogen (secondary N) is 1. The van der Waals surface area contributed by atoms with Crippen molar-refractivity contribution in [2.24, 2.45) is 12.8 Å². The molecule has 5 rings (SSSR count). The molecule has 0 unspecified atom stereocenters. The van der Waals surface area contributed by atoms with Gasteiger partial charge in [0, 0.05) is 43.3 Å². The first kappa shape index (κ1) is 18.6. The molecule has 0 spiro atoms. The molecule has 9 nitrogen and oxygen atoms in total. The lowest BCUT2D eigenvalue weighted by molar-refractivity contribution is 0.0994. The lowest BCUT2D eigenvalue weighted by Gasteiger charge is -2.29. The van der Waals surface area contributed by atoms with Crippen molar-refractivity contribution in [2.75, 3.05) is 36.5 Å². The number of hydrogen-bond acceptors (Lipinski definition) is 7. The second-order valence-corrected chi connectivity index (χ2v) is 7.51. The maximum Gasteiger partial charge on any atom is 0.269 e. The Labute approximate surface area is 173 Å². The van der Waals surface area contributed by atoms with E-state index in [0.29, 0.717) is 18.1 Å². The number of nitrogens with two attached hydrogens (primary N) is 1. The molecule has 3 aromatic rings. The number of primary amides is 1. The SMILES string of the molecule is Cn1nc(C(N)=O)c2c1-c1nc(Nc3cccc(N4CCOCC4)c3)ncc1CC2. The van der Waals surface area contributed by atoms with Gasteiger partial charge in [0.1, 0.15) is 0 Å². The van der Waals surface area contributed by atoms with Gasteiger partial charge in [-0.15, -0.1) is 0 Å². The van der Waals surface area contributed by atoms with Crippen LogP contribution in [0.4, 0.5) is 17.3 Å².